The Morgan fingerprint density at radius 3 is 2.27 bits per heavy atom. The zero-order valence-corrected chi connectivity index (χ0v) is 28.1. The van der Waals surface area contributed by atoms with Crippen molar-refractivity contribution in [3.63, 3.8) is 0 Å². The summed E-state index contributed by atoms with van der Waals surface area (Å²) in [6.07, 6.45) is -15.6. The molecule has 1 amide bonds. The molecule has 8 unspecified atom stereocenters. The number of carboxylic acid groups (broad SMARTS) is 1. The minimum atomic E-state index is -5.82. The first-order valence-electron chi connectivity index (χ1n) is 14.0. The number of amides is 1. The third kappa shape index (κ3) is 11.1. The molecule has 0 bridgehead atoms. The number of aliphatic hydroxyl groups excluding tert-OH is 4. The molecule has 0 aromatic carbocycles. The highest BCUT2D eigenvalue weighted by atomic mass is 31.3. The second kappa shape index (κ2) is 16.4. The number of phosphoric acid groups is 2. The number of phosphoric ester groups is 2. The number of aromatic amines is 1. The van der Waals surface area contributed by atoms with E-state index in [-0.39, 0.29) is 0 Å². The maximum absolute atomic E-state index is 12.8. The molecule has 0 spiro atoms. The number of H-pyrrole nitrogens is 1. The molecule has 1 aromatic heterocycles. The van der Waals surface area contributed by atoms with E-state index in [9.17, 15) is 68.0 Å². The van der Waals surface area contributed by atoms with Crippen LogP contribution in [0.4, 0.5) is 0 Å². The molecule has 27 heteroatoms. The van der Waals surface area contributed by atoms with Gasteiger partial charge in [0.05, 0.1) is 19.1 Å². The van der Waals surface area contributed by atoms with Crippen LogP contribution in [0.2, 0.25) is 0 Å². The summed E-state index contributed by atoms with van der Waals surface area (Å²) in [6, 6.07) is -0.937. The number of aliphatic hydroxyl groups is 4. The maximum atomic E-state index is 12.8. The molecule has 1 aromatic rings. The highest BCUT2D eigenvalue weighted by Gasteiger charge is 2.51. The molecule has 0 saturated carbocycles. The Labute approximate surface area is 274 Å². The predicted octanol–water partition coefficient (Wildman–Crippen LogP) is -3.68. The molecule has 3 heterocycles. The number of aromatic nitrogens is 2. The van der Waals surface area contributed by atoms with Gasteiger partial charge >= 0.3 is 27.3 Å². The smallest absolute Gasteiger partial charge is 0.481 e. The molecule has 0 radical (unpaired) electrons. The number of nitrogens with zero attached hydrogens (tertiary/aromatic N) is 1. The molecule has 24 nitrogen and oxygen atoms in total. The van der Waals surface area contributed by atoms with Gasteiger partial charge in [-0.15, -0.1) is 0 Å². The van der Waals surface area contributed by atoms with E-state index in [1.807, 2.05) is 4.98 Å². The predicted molar refractivity (Wildman–Crippen MR) is 156 cm³/mol. The number of carbonyl (C=O) groups is 2. The van der Waals surface area contributed by atoms with E-state index in [2.05, 4.69) is 14.2 Å². The summed E-state index contributed by atoms with van der Waals surface area (Å²) >= 11 is 0. The van der Waals surface area contributed by atoms with Gasteiger partial charge < -0.3 is 59.7 Å². The van der Waals surface area contributed by atoms with Gasteiger partial charge in [0.15, 0.2) is 12.5 Å². The molecular formula is C22H36N3O21P3. The molecule has 2 fully saturated rings. The standard InChI is InChI=1S/C22H36N3O21P3/c1-9(20(32)33)7-47(35,36)8-41-18-14(23-10(2)27)21(44-11(5-26)16(18)30)45-49(39,40)46-48(37,38)42-6-12-15(29)17(31)19(43-12)25-4-3-13(28)24-22(25)34/h3-4,9,11-12,14-19,21,26,29-31H,5-8H2,1-2H3,(H,23,27)(H,32,33)(H,35,36)(H,37,38)(H,39,40)(H,24,28,34)/t9-,11?,12-,14?,15-,16?,17-,18?,19-,21?/m1/s1. The van der Waals surface area contributed by atoms with Crippen LogP contribution in [-0.2, 0) is 50.9 Å². The fourth-order valence-corrected chi connectivity index (χ4v) is 8.39. The van der Waals surface area contributed by atoms with Gasteiger partial charge in [-0.1, -0.05) is 6.92 Å². The third-order valence-corrected chi connectivity index (χ3v) is 11.3. The Hall–Kier alpha value is -2.21. The van der Waals surface area contributed by atoms with Crippen molar-refractivity contribution in [2.45, 2.75) is 69.0 Å². The molecule has 49 heavy (non-hydrogen) atoms. The fourth-order valence-electron chi connectivity index (χ4n) is 4.70. The average Bonchev–Trinajstić information content (AvgIpc) is 3.24. The van der Waals surface area contributed by atoms with E-state index in [1.54, 1.807) is 0 Å². The molecule has 13 atom stereocenters. The van der Waals surface area contributed by atoms with Crippen molar-refractivity contribution in [1.82, 2.24) is 14.9 Å². The van der Waals surface area contributed by atoms with Crippen LogP contribution in [0.3, 0.4) is 0 Å². The lowest BCUT2D eigenvalue weighted by Crippen LogP contribution is -2.65. The van der Waals surface area contributed by atoms with Crippen LogP contribution in [0.1, 0.15) is 20.1 Å². The second-order valence-electron chi connectivity index (χ2n) is 11.0. The van der Waals surface area contributed by atoms with Crippen molar-refractivity contribution in [2.24, 2.45) is 5.92 Å². The van der Waals surface area contributed by atoms with E-state index in [4.69, 9.17) is 23.8 Å². The Kier molecular flexibility index (Phi) is 13.8. The third-order valence-electron chi connectivity index (χ3n) is 6.98. The number of aliphatic carboxylic acids is 1. The van der Waals surface area contributed by atoms with Crippen LogP contribution >= 0.6 is 23.0 Å². The van der Waals surface area contributed by atoms with E-state index in [1.165, 1.54) is 0 Å². The highest BCUT2D eigenvalue weighted by Crippen LogP contribution is 2.61. The van der Waals surface area contributed by atoms with Crippen LogP contribution < -0.4 is 16.6 Å². The number of hydrogen-bond donors (Lipinski definition) is 10. The zero-order valence-electron chi connectivity index (χ0n) is 25.4. The number of nitrogens with one attached hydrogen (secondary N) is 2. The number of ether oxygens (including phenoxy) is 3. The quantitative estimate of drug-likeness (QED) is 0.0723. The molecule has 2 saturated heterocycles. The van der Waals surface area contributed by atoms with Gasteiger partial charge in [0.2, 0.25) is 13.3 Å². The summed E-state index contributed by atoms with van der Waals surface area (Å²) < 4.78 is 68.2. The first kappa shape index (κ1) is 41.2. The molecule has 0 aliphatic carbocycles. The summed E-state index contributed by atoms with van der Waals surface area (Å²) in [5, 5.41) is 52.1. The molecule has 10 N–H and O–H groups in total. The summed E-state index contributed by atoms with van der Waals surface area (Å²) in [6.45, 7) is -0.0574. The normalized spacial score (nSPS) is 33.1. The lowest BCUT2D eigenvalue weighted by Gasteiger charge is -2.44. The van der Waals surface area contributed by atoms with Gasteiger partial charge in [0.1, 0.15) is 49.0 Å². The minimum Gasteiger partial charge on any atom is -0.481 e. The Morgan fingerprint density at radius 1 is 1.04 bits per heavy atom. The maximum Gasteiger partial charge on any atom is 0.483 e. The van der Waals surface area contributed by atoms with Crippen molar-refractivity contribution in [1.29, 1.82) is 0 Å². The van der Waals surface area contributed by atoms with E-state index < -0.39 is 133 Å². The van der Waals surface area contributed by atoms with Crippen LogP contribution in [-0.4, -0.2) is 136 Å². The monoisotopic (exact) mass is 771 g/mol. The lowest BCUT2D eigenvalue weighted by atomic mass is 9.97. The van der Waals surface area contributed by atoms with Gasteiger partial charge in [0, 0.05) is 25.3 Å². The largest absolute Gasteiger partial charge is 0.483 e. The van der Waals surface area contributed by atoms with E-state index in [0.29, 0.717) is 4.57 Å². The Balaban J connectivity index is 1.73. The van der Waals surface area contributed by atoms with Crippen LogP contribution in [0, 0.1) is 5.92 Å². The van der Waals surface area contributed by atoms with Crippen molar-refractivity contribution >= 4 is 34.9 Å². The molecular weight excluding hydrogens is 735 g/mol. The van der Waals surface area contributed by atoms with Gasteiger partial charge in [-0.3, -0.25) is 37.5 Å². The fraction of sp³-hybridized carbons (Fsp3) is 0.727. The highest BCUT2D eigenvalue weighted by molar-refractivity contribution is 7.61. The van der Waals surface area contributed by atoms with Crippen molar-refractivity contribution in [3.8, 4) is 0 Å². The topological polar surface area (TPSA) is 369 Å². The SMILES string of the molecule is CC(=O)NC1C(OP(=O)(O)OP(=O)(O)OC[C@H]2O[C@@H](n3ccc(=O)[nH]c3=O)[C@H](O)[C@@H]2O)OC(CO)C(O)C1OCP(=O)(O)C[C@@H](C)C(=O)O. The van der Waals surface area contributed by atoms with Gasteiger partial charge in [-0.25, -0.2) is 13.9 Å². The second-order valence-corrected chi connectivity index (χ2v) is 16.3. The first-order valence-corrected chi connectivity index (χ1v) is 19.0. The summed E-state index contributed by atoms with van der Waals surface area (Å²) in [5.41, 5.74) is -1.82. The number of rotatable bonds is 16. The number of hydrogen-bond acceptors (Lipinski definition) is 17. The number of carbonyl (C=O) groups excluding carboxylic acids is 1. The first-order chi connectivity index (χ1) is 22.6. The summed E-state index contributed by atoms with van der Waals surface area (Å²) in [7, 11) is -15.9. The number of carboxylic acids is 1. The zero-order chi connectivity index (χ0) is 37.1. The van der Waals surface area contributed by atoms with Crippen molar-refractivity contribution in [2.75, 3.05) is 25.7 Å². The lowest BCUT2D eigenvalue weighted by molar-refractivity contribution is -0.254. The average molecular weight is 771 g/mol. The Bertz CT molecular complexity index is 1600. The van der Waals surface area contributed by atoms with E-state index in [0.717, 1.165) is 26.1 Å². The molecule has 280 valence electrons. The van der Waals surface area contributed by atoms with Gasteiger partial charge in [-0.05, 0) is 0 Å². The van der Waals surface area contributed by atoms with Crippen LogP contribution in [0.5, 0.6) is 0 Å². The Morgan fingerprint density at radius 2 is 1.69 bits per heavy atom. The molecule has 3 rings (SSSR count). The van der Waals surface area contributed by atoms with Gasteiger partial charge in [-0.2, -0.15) is 4.31 Å². The van der Waals surface area contributed by atoms with Crippen molar-refractivity contribution in [3.05, 3.63) is 33.1 Å². The minimum absolute atomic E-state index is 0.694. The van der Waals surface area contributed by atoms with Crippen LogP contribution in [0.25, 0.3) is 0 Å². The summed E-state index contributed by atoms with van der Waals surface area (Å²) in [4.78, 5) is 79.0. The van der Waals surface area contributed by atoms with Gasteiger partial charge in [0.25, 0.3) is 5.56 Å². The van der Waals surface area contributed by atoms with Crippen molar-refractivity contribution < 1.29 is 91.1 Å². The summed E-state index contributed by atoms with van der Waals surface area (Å²) in [5.74, 6) is -3.59. The van der Waals surface area contributed by atoms with Crippen LogP contribution in [0.15, 0.2) is 21.9 Å². The van der Waals surface area contributed by atoms with E-state index >= 15 is 0 Å². The molecule has 2 aliphatic rings. The molecule has 2 aliphatic heterocycles.